The summed E-state index contributed by atoms with van der Waals surface area (Å²) in [6, 6.07) is 5.09. The first kappa shape index (κ1) is 14.2. The molecule has 3 nitrogen and oxygen atoms in total. The molecular weight excluding hydrogens is 318 g/mol. The number of dihydropyridines is 1. The zero-order valence-electron chi connectivity index (χ0n) is 12.0. The lowest BCUT2D eigenvalue weighted by atomic mass is 9.79. The van der Waals surface area contributed by atoms with E-state index in [2.05, 4.69) is 5.32 Å². The Balaban J connectivity index is 1.92. The van der Waals surface area contributed by atoms with Crippen LogP contribution in [-0.4, -0.2) is 16.6 Å². The van der Waals surface area contributed by atoms with Crippen LogP contribution in [0, 0.1) is 0 Å². The van der Waals surface area contributed by atoms with E-state index in [9.17, 15) is 9.90 Å². The van der Waals surface area contributed by atoms with Crippen LogP contribution < -0.4 is 5.32 Å². The van der Waals surface area contributed by atoms with Crippen molar-refractivity contribution in [3.63, 3.8) is 0 Å². The maximum absolute atomic E-state index is 12.6. The van der Waals surface area contributed by atoms with Crippen LogP contribution in [0.5, 0.6) is 5.75 Å². The molecule has 0 bridgehead atoms. The topological polar surface area (TPSA) is 49.3 Å². The van der Waals surface area contributed by atoms with Gasteiger partial charge in [-0.3, -0.25) is 4.79 Å². The Morgan fingerprint density at radius 2 is 2.09 bits per heavy atom. The van der Waals surface area contributed by atoms with Crippen molar-refractivity contribution in [2.45, 2.75) is 31.6 Å². The van der Waals surface area contributed by atoms with Gasteiger partial charge in [0.2, 0.25) is 0 Å². The Morgan fingerprint density at radius 1 is 1.23 bits per heavy atom. The summed E-state index contributed by atoms with van der Waals surface area (Å²) >= 11 is 7.92. The predicted molar refractivity (Wildman–Crippen MR) is 89.0 cm³/mol. The fraction of sp³-hybridized carbons (Fsp3) is 0.353. The molecule has 0 spiro atoms. The lowest BCUT2D eigenvalue weighted by molar-refractivity contribution is -0.116. The number of phenols is 1. The molecule has 0 fully saturated rings. The van der Waals surface area contributed by atoms with E-state index in [0.29, 0.717) is 11.4 Å². The average molecular weight is 334 g/mol. The van der Waals surface area contributed by atoms with Gasteiger partial charge in [0, 0.05) is 44.6 Å². The number of phenolic OH excluding ortho intramolecular Hbond substituents is 1. The molecule has 2 heterocycles. The van der Waals surface area contributed by atoms with E-state index in [0.717, 1.165) is 41.8 Å². The Hall–Kier alpha value is -1.39. The summed E-state index contributed by atoms with van der Waals surface area (Å²) < 4.78 is 0. The molecule has 0 radical (unpaired) electrons. The van der Waals surface area contributed by atoms with E-state index in [1.54, 1.807) is 30.0 Å². The highest BCUT2D eigenvalue weighted by Crippen LogP contribution is 2.51. The minimum atomic E-state index is -0.162. The van der Waals surface area contributed by atoms with E-state index in [1.807, 2.05) is 0 Å². The molecule has 4 rings (SSSR count). The fourth-order valence-electron chi connectivity index (χ4n) is 3.55. The van der Waals surface area contributed by atoms with Gasteiger partial charge in [0.05, 0.1) is 5.92 Å². The number of benzene rings is 1. The van der Waals surface area contributed by atoms with Crippen LogP contribution in [0.2, 0.25) is 5.02 Å². The predicted octanol–water partition coefficient (Wildman–Crippen LogP) is 4.09. The first-order valence-corrected chi connectivity index (χ1v) is 8.89. The molecule has 22 heavy (non-hydrogen) atoms. The van der Waals surface area contributed by atoms with Crippen LogP contribution in [0.4, 0.5) is 0 Å². The number of hydrogen-bond acceptors (Lipinski definition) is 4. The number of halogens is 1. The number of carbonyl (C=O) groups is 1. The minimum absolute atomic E-state index is 0.162. The van der Waals surface area contributed by atoms with Gasteiger partial charge in [-0.15, -0.1) is 11.8 Å². The number of rotatable bonds is 1. The highest BCUT2D eigenvalue weighted by molar-refractivity contribution is 8.03. The Kier molecular flexibility index (Phi) is 3.46. The molecule has 1 aromatic rings. The van der Waals surface area contributed by atoms with Gasteiger partial charge in [-0.2, -0.15) is 0 Å². The summed E-state index contributed by atoms with van der Waals surface area (Å²) in [5, 5.41) is 14.4. The normalized spacial score (nSPS) is 24.2. The van der Waals surface area contributed by atoms with Crippen LogP contribution in [-0.2, 0) is 4.79 Å². The number of hydrogen-bond donors (Lipinski definition) is 2. The van der Waals surface area contributed by atoms with Gasteiger partial charge in [-0.25, -0.2) is 0 Å². The van der Waals surface area contributed by atoms with Gasteiger partial charge >= 0.3 is 0 Å². The maximum atomic E-state index is 12.6. The maximum Gasteiger partial charge on any atom is 0.161 e. The molecule has 3 aliphatic rings. The lowest BCUT2D eigenvalue weighted by Gasteiger charge is -2.33. The zero-order valence-corrected chi connectivity index (χ0v) is 13.6. The van der Waals surface area contributed by atoms with E-state index >= 15 is 0 Å². The third-order valence-electron chi connectivity index (χ3n) is 4.52. The van der Waals surface area contributed by atoms with E-state index in [-0.39, 0.29) is 17.5 Å². The molecule has 1 aliphatic carbocycles. The Bertz CT molecular complexity index is 738. The van der Waals surface area contributed by atoms with Gasteiger partial charge in [-0.1, -0.05) is 11.6 Å². The second kappa shape index (κ2) is 5.36. The number of ketones is 1. The number of aromatic hydroxyl groups is 1. The van der Waals surface area contributed by atoms with Crippen molar-refractivity contribution in [1.29, 1.82) is 0 Å². The molecule has 1 aromatic carbocycles. The number of Topliss-reactive ketones (excluding diaryl/α,β-unsaturated/α-hetero) is 1. The van der Waals surface area contributed by atoms with Gasteiger partial charge in [0.15, 0.2) is 5.78 Å². The van der Waals surface area contributed by atoms with Crippen molar-refractivity contribution in [3.05, 3.63) is 50.7 Å². The number of carbonyl (C=O) groups excluding carboxylic acids is 1. The molecular formula is C17H16ClNO2S. The summed E-state index contributed by atoms with van der Waals surface area (Å²) in [5.74, 6) is 1.26. The first-order valence-electron chi connectivity index (χ1n) is 7.52. The summed E-state index contributed by atoms with van der Waals surface area (Å²) in [7, 11) is 0. The van der Waals surface area contributed by atoms with Crippen molar-refractivity contribution in [3.8, 4) is 5.75 Å². The minimum Gasteiger partial charge on any atom is -0.508 e. The van der Waals surface area contributed by atoms with Gasteiger partial charge < -0.3 is 10.4 Å². The Morgan fingerprint density at radius 3 is 2.95 bits per heavy atom. The van der Waals surface area contributed by atoms with Gasteiger partial charge in [-0.05, 0) is 37.5 Å². The monoisotopic (exact) mass is 333 g/mol. The number of nitrogens with one attached hydrogen (secondary N) is 1. The van der Waals surface area contributed by atoms with Crippen LogP contribution in [0.3, 0.4) is 0 Å². The molecule has 0 saturated heterocycles. The molecule has 2 N–H and O–H groups in total. The van der Waals surface area contributed by atoms with Crippen LogP contribution in [0.1, 0.15) is 37.2 Å². The third-order valence-corrected chi connectivity index (χ3v) is 5.95. The molecule has 1 atom stereocenters. The number of allylic oxidation sites excluding steroid dienone is 4. The highest BCUT2D eigenvalue weighted by Gasteiger charge is 2.39. The summed E-state index contributed by atoms with van der Waals surface area (Å²) in [6.45, 7) is 0. The molecule has 114 valence electrons. The smallest absolute Gasteiger partial charge is 0.161 e. The van der Waals surface area contributed by atoms with Crippen molar-refractivity contribution in [2.75, 3.05) is 5.75 Å². The zero-order chi connectivity index (χ0) is 15.3. The highest BCUT2D eigenvalue weighted by atomic mass is 35.5. The quantitative estimate of drug-likeness (QED) is 0.812. The van der Waals surface area contributed by atoms with Crippen LogP contribution in [0.25, 0.3) is 0 Å². The van der Waals surface area contributed by atoms with Gasteiger partial charge in [0.25, 0.3) is 0 Å². The molecule has 0 amide bonds. The second-order valence-electron chi connectivity index (χ2n) is 5.87. The first-order chi connectivity index (χ1) is 10.6. The summed E-state index contributed by atoms with van der Waals surface area (Å²) in [6.07, 6.45) is 3.38. The summed E-state index contributed by atoms with van der Waals surface area (Å²) in [4.78, 5) is 13.7. The molecule has 1 unspecified atom stereocenters. The SMILES string of the molecule is O=C1CCCC2=C1C(c1cc(Cl)ccc1O)C1=C(CCS1)N2. The second-order valence-corrected chi connectivity index (χ2v) is 7.44. The van der Waals surface area contributed by atoms with Crippen LogP contribution >= 0.6 is 23.4 Å². The molecule has 5 heteroatoms. The molecule has 0 aromatic heterocycles. The lowest BCUT2D eigenvalue weighted by Crippen LogP contribution is -2.30. The number of thioether (sulfide) groups is 1. The van der Waals surface area contributed by atoms with Crippen molar-refractivity contribution >= 4 is 29.1 Å². The average Bonchev–Trinajstić information content (AvgIpc) is 2.96. The standard InChI is InChI=1S/C17H16ClNO2S/c18-9-4-5-13(20)10(8-9)15-16-11(2-1-3-14(16)21)19-12-6-7-22-17(12)15/h4-5,8,15,19-20H,1-3,6-7H2. The van der Waals surface area contributed by atoms with Gasteiger partial charge in [0.1, 0.15) is 5.75 Å². The van der Waals surface area contributed by atoms with E-state index < -0.39 is 0 Å². The van der Waals surface area contributed by atoms with E-state index in [4.69, 9.17) is 11.6 Å². The third kappa shape index (κ3) is 2.17. The van der Waals surface area contributed by atoms with Crippen molar-refractivity contribution < 1.29 is 9.90 Å². The van der Waals surface area contributed by atoms with Crippen molar-refractivity contribution in [2.24, 2.45) is 0 Å². The fourth-order valence-corrected chi connectivity index (χ4v) is 5.00. The summed E-state index contributed by atoms with van der Waals surface area (Å²) in [5.41, 5.74) is 3.83. The van der Waals surface area contributed by atoms with Crippen molar-refractivity contribution in [1.82, 2.24) is 5.32 Å². The molecule has 0 saturated carbocycles. The van der Waals surface area contributed by atoms with E-state index in [1.165, 1.54) is 10.6 Å². The largest absolute Gasteiger partial charge is 0.508 e. The van der Waals surface area contributed by atoms with Crippen LogP contribution in [0.15, 0.2) is 40.1 Å². The molecule has 2 aliphatic heterocycles. The Labute approximate surface area is 138 Å².